The van der Waals surface area contributed by atoms with E-state index in [1.54, 1.807) is 6.20 Å². The molecule has 1 aliphatic heterocycles. The molecule has 1 saturated heterocycles. The molecular formula is C11H18N4. The molecule has 82 valence electrons. The Morgan fingerprint density at radius 2 is 2.60 bits per heavy atom. The molecule has 1 aromatic rings. The summed E-state index contributed by atoms with van der Waals surface area (Å²) in [6.07, 6.45) is 3.65. The summed E-state index contributed by atoms with van der Waals surface area (Å²) in [5.41, 5.74) is 1.09. The van der Waals surface area contributed by atoms with Crippen molar-refractivity contribution in [1.82, 2.24) is 15.2 Å². The molecule has 0 amide bonds. The molecule has 2 heterocycles. The summed E-state index contributed by atoms with van der Waals surface area (Å²) in [5.74, 6) is 0. The van der Waals surface area contributed by atoms with E-state index in [-0.39, 0.29) is 0 Å². The first-order chi connectivity index (χ1) is 7.36. The van der Waals surface area contributed by atoms with E-state index in [1.807, 2.05) is 18.3 Å². The van der Waals surface area contributed by atoms with Crippen LogP contribution in [0.3, 0.4) is 0 Å². The summed E-state index contributed by atoms with van der Waals surface area (Å²) in [4.78, 5) is 6.46. The van der Waals surface area contributed by atoms with Gasteiger partial charge in [0.25, 0.3) is 0 Å². The van der Waals surface area contributed by atoms with Gasteiger partial charge in [0.2, 0.25) is 0 Å². The Kier molecular flexibility index (Phi) is 3.53. The molecule has 1 aliphatic rings. The zero-order chi connectivity index (χ0) is 10.5. The molecule has 1 fully saturated rings. The largest absolute Gasteiger partial charge is 0.382 e. The fraction of sp³-hybridized carbons (Fsp3) is 0.545. The summed E-state index contributed by atoms with van der Waals surface area (Å²) < 4.78 is 0. The lowest BCUT2D eigenvalue weighted by Crippen LogP contribution is -2.52. The molecule has 0 spiro atoms. The minimum absolute atomic E-state index is 0.568. The number of pyridine rings is 1. The number of hydrogen-bond acceptors (Lipinski definition) is 4. The van der Waals surface area contributed by atoms with Crippen molar-refractivity contribution in [2.24, 2.45) is 0 Å². The van der Waals surface area contributed by atoms with Crippen LogP contribution >= 0.6 is 0 Å². The third kappa shape index (κ3) is 2.91. The van der Waals surface area contributed by atoms with Gasteiger partial charge in [-0.05, 0) is 19.2 Å². The standard InChI is InChI=1S/C11H18N4/c1-15-6-5-13-8-11(15)9-14-10-3-2-4-12-7-10/h2-4,7,11,13-14H,5-6,8-9H2,1H3. The second-order valence-corrected chi connectivity index (χ2v) is 3.96. The fourth-order valence-electron chi connectivity index (χ4n) is 1.79. The highest BCUT2D eigenvalue weighted by Crippen LogP contribution is 2.05. The predicted molar refractivity (Wildman–Crippen MR) is 62.0 cm³/mol. The van der Waals surface area contributed by atoms with Gasteiger partial charge in [-0.1, -0.05) is 0 Å². The van der Waals surface area contributed by atoms with Crippen molar-refractivity contribution in [3.05, 3.63) is 24.5 Å². The number of anilines is 1. The molecule has 0 saturated carbocycles. The van der Waals surface area contributed by atoms with Crippen LogP contribution < -0.4 is 10.6 Å². The number of hydrogen-bond donors (Lipinski definition) is 2. The van der Waals surface area contributed by atoms with Crippen molar-refractivity contribution in [3.63, 3.8) is 0 Å². The summed E-state index contributed by atoms with van der Waals surface area (Å²) in [6, 6.07) is 4.56. The van der Waals surface area contributed by atoms with Gasteiger partial charge in [-0.25, -0.2) is 0 Å². The van der Waals surface area contributed by atoms with Crippen molar-refractivity contribution in [2.75, 3.05) is 38.5 Å². The molecule has 0 radical (unpaired) electrons. The van der Waals surface area contributed by atoms with Crippen molar-refractivity contribution in [2.45, 2.75) is 6.04 Å². The van der Waals surface area contributed by atoms with E-state index in [0.29, 0.717) is 6.04 Å². The second kappa shape index (κ2) is 5.09. The molecule has 15 heavy (non-hydrogen) atoms. The second-order valence-electron chi connectivity index (χ2n) is 3.96. The molecule has 2 N–H and O–H groups in total. The summed E-state index contributed by atoms with van der Waals surface area (Å²) in [6.45, 7) is 4.25. The van der Waals surface area contributed by atoms with E-state index in [0.717, 1.165) is 31.9 Å². The van der Waals surface area contributed by atoms with Gasteiger partial charge < -0.3 is 10.6 Å². The van der Waals surface area contributed by atoms with Crippen molar-refractivity contribution in [1.29, 1.82) is 0 Å². The number of aromatic nitrogens is 1. The van der Waals surface area contributed by atoms with E-state index in [1.165, 1.54) is 0 Å². The van der Waals surface area contributed by atoms with Crippen LogP contribution in [0.15, 0.2) is 24.5 Å². The lowest BCUT2D eigenvalue weighted by atomic mass is 10.2. The maximum absolute atomic E-state index is 4.08. The zero-order valence-electron chi connectivity index (χ0n) is 9.11. The quantitative estimate of drug-likeness (QED) is 0.751. The van der Waals surface area contributed by atoms with Gasteiger partial charge >= 0.3 is 0 Å². The van der Waals surface area contributed by atoms with Gasteiger partial charge in [-0.3, -0.25) is 9.88 Å². The third-order valence-corrected chi connectivity index (χ3v) is 2.85. The summed E-state index contributed by atoms with van der Waals surface area (Å²) >= 11 is 0. The number of nitrogens with one attached hydrogen (secondary N) is 2. The molecule has 2 rings (SSSR count). The van der Waals surface area contributed by atoms with E-state index in [2.05, 4.69) is 27.6 Å². The first-order valence-electron chi connectivity index (χ1n) is 5.41. The van der Waals surface area contributed by atoms with Crippen LogP contribution in [-0.4, -0.2) is 49.2 Å². The molecule has 0 aliphatic carbocycles. The molecule has 4 nitrogen and oxygen atoms in total. The lowest BCUT2D eigenvalue weighted by molar-refractivity contribution is 0.209. The minimum atomic E-state index is 0.568. The van der Waals surface area contributed by atoms with Gasteiger partial charge in [0.1, 0.15) is 0 Å². The molecule has 4 heteroatoms. The Balaban J connectivity index is 1.82. The first kappa shape index (κ1) is 10.4. The molecule has 0 bridgehead atoms. The van der Waals surface area contributed by atoms with E-state index in [4.69, 9.17) is 0 Å². The van der Waals surface area contributed by atoms with Crippen LogP contribution in [-0.2, 0) is 0 Å². The van der Waals surface area contributed by atoms with E-state index >= 15 is 0 Å². The van der Waals surface area contributed by atoms with Crippen molar-refractivity contribution < 1.29 is 0 Å². The van der Waals surface area contributed by atoms with Crippen LogP contribution in [0.5, 0.6) is 0 Å². The normalized spacial score (nSPS) is 22.6. The Labute approximate surface area is 90.7 Å². The van der Waals surface area contributed by atoms with E-state index in [9.17, 15) is 0 Å². The predicted octanol–water partition coefficient (Wildman–Crippen LogP) is 0.397. The highest BCUT2D eigenvalue weighted by atomic mass is 15.2. The fourth-order valence-corrected chi connectivity index (χ4v) is 1.79. The monoisotopic (exact) mass is 206 g/mol. The minimum Gasteiger partial charge on any atom is -0.382 e. The lowest BCUT2D eigenvalue weighted by Gasteiger charge is -2.33. The number of rotatable bonds is 3. The Morgan fingerprint density at radius 1 is 1.67 bits per heavy atom. The smallest absolute Gasteiger partial charge is 0.0527 e. The molecule has 1 unspecified atom stereocenters. The molecular weight excluding hydrogens is 188 g/mol. The summed E-state index contributed by atoms with van der Waals surface area (Å²) in [7, 11) is 2.18. The Bertz CT molecular complexity index is 288. The summed E-state index contributed by atoms with van der Waals surface area (Å²) in [5, 5.41) is 6.80. The number of likely N-dealkylation sites (N-methyl/N-ethyl adjacent to an activating group) is 1. The highest BCUT2D eigenvalue weighted by Gasteiger charge is 2.17. The maximum Gasteiger partial charge on any atom is 0.0527 e. The zero-order valence-corrected chi connectivity index (χ0v) is 9.11. The van der Waals surface area contributed by atoms with Crippen LogP contribution in [0.2, 0.25) is 0 Å². The Morgan fingerprint density at radius 3 is 3.33 bits per heavy atom. The molecule has 1 atom stereocenters. The topological polar surface area (TPSA) is 40.2 Å². The van der Waals surface area contributed by atoms with E-state index < -0.39 is 0 Å². The molecule has 1 aromatic heterocycles. The number of nitrogens with zero attached hydrogens (tertiary/aromatic N) is 2. The van der Waals surface area contributed by atoms with Crippen molar-refractivity contribution in [3.8, 4) is 0 Å². The van der Waals surface area contributed by atoms with Gasteiger partial charge in [-0.15, -0.1) is 0 Å². The average Bonchev–Trinajstić information content (AvgIpc) is 2.29. The van der Waals surface area contributed by atoms with Crippen LogP contribution in [0.4, 0.5) is 5.69 Å². The SMILES string of the molecule is CN1CCNCC1CNc1cccnc1. The van der Waals surface area contributed by atoms with Gasteiger partial charge in [0, 0.05) is 44.6 Å². The Hall–Kier alpha value is -1.13. The van der Waals surface area contributed by atoms with Crippen LogP contribution in [0.25, 0.3) is 0 Å². The van der Waals surface area contributed by atoms with Crippen LogP contribution in [0, 0.1) is 0 Å². The van der Waals surface area contributed by atoms with Gasteiger partial charge in [0.05, 0.1) is 5.69 Å². The number of piperazine rings is 1. The maximum atomic E-state index is 4.08. The van der Waals surface area contributed by atoms with Gasteiger partial charge in [-0.2, -0.15) is 0 Å². The average molecular weight is 206 g/mol. The van der Waals surface area contributed by atoms with Crippen LogP contribution in [0.1, 0.15) is 0 Å². The van der Waals surface area contributed by atoms with Gasteiger partial charge in [0.15, 0.2) is 0 Å². The molecule has 0 aromatic carbocycles. The first-order valence-corrected chi connectivity index (χ1v) is 5.41. The highest BCUT2D eigenvalue weighted by molar-refractivity contribution is 5.39. The van der Waals surface area contributed by atoms with Crippen molar-refractivity contribution >= 4 is 5.69 Å². The third-order valence-electron chi connectivity index (χ3n) is 2.85.